The second-order valence-electron chi connectivity index (χ2n) is 9.91. The molecule has 1 fully saturated rings. The van der Waals surface area contributed by atoms with Gasteiger partial charge in [-0.15, -0.1) is 0 Å². The highest BCUT2D eigenvalue weighted by atomic mass is 16.5. The molecule has 2 aliphatic carbocycles. The van der Waals surface area contributed by atoms with Crippen molar-refractivity contribution < 1.29 is 19.4 Å². The zero-order valence-electron chi connectivity index (χ0n) is 20.1. The molecule has 4 nitrogen and oxygen atoms in total. The van der Waals surface area contributed by atoms with E-state index in [0.29, 0.717) is 17.4 Å². The van der Waals surface area contributed by atoms with Crippen LogP contribution < -0.4 is 9.47 Å². The van der Waals surface area contributed by atoms with E-state index in [1.54, 1.807) is 31.9 Å². The van der Waals surface area contributed by atoms with Gasteiger partial charge in [0.05, 0.1) is 19.8 Å². The Balaban J connectivity index is 1.38. The minimum Gasteiger partial charge on any atom is -0.497 e. The monoisotopic (exact) mass is 456 g/mol. The lowest BCUT2D eigenvalue weighted by molar-refractivity contribution is 0.0697. The van der Waals surface area contributed by atoms with E-state index < -0.39 is 5.97 Å². The molecule has 5 rings (SSSR count). The van der Waals surface area contributed by atoms with Crippen molar-refractivity contribution in [3.63, 3.8) is 0 Å². The molecule has 0 heterocycles. The predicted octanol–water partition coefficient (Wildman–Crippen LogP) is 5.88. The summed E-state index contributed by atoms with van der Waals surface area (Å²) in [5.41, 5.74) is 7.50. The van der Waals surface area contributed by atoms with E-state index in [9.17, 15) is 4.79 Å². The van der Waals surface area contributed by atoms with Gasteiger partial charge in [0.15, 0.2) is 0 Å². The first-order valence-corrected chi connectivity index (χ1v) is 12.1. The summed E-state index contributed by atoms with van der Waals surface area (Å²) in [4.78, 5) is 11.1. The number of methoxy groups -OCH3 is 2. The van der Waals surface area contributed by atoms with Crippen molar-refractivity contribution >= 4 is 5.97 Å². The lowest BCUT2D eigenvalue weighted by atomic mass is 9.78. The van der Waals surface area contributed by atoms with Crippen LogP contribution in [0.4, 0.5) is 0 Å². The van der Waals surface area contributed by atoms with Gasteiger partial charge in [-0.1, -0.05) is 37.3 Å². The zero-order valence-corrected chi connectivity index (χ0v) is 20.1. The molecule has 1 saturated carbocycles. The molecular weight excluding hydrogens is 424 g/mol. The first-order chi connectivity index (χ1) is 16.4. The van der Waals surface area contributed by atoms with E-state index in [1.165, 1.54) is 28.7 Å². The summed E-state index contributed by atoms with van der Waals surface area (Å²) in [5, 5.41) is 9.15. The normalized spacial score (nSPS) is 22.4. The number of hydrogen-bond donors (Lipinski definition) is 1. The SMILES string of the molecule is COc1cc(CC2C3CCc4cccc(CCc5ccc(C(=O)O)cc5)c4[C@]32C)cc(OC)c1. The number of carboxylic acid groups (broad SMARTS) is 1. The number of fused-ring (bicyclic) bond motifs is 3. The highest BCUT2D eigenvalue weighted by molar-refractivity contribution is 5.87. The molecule has 0 radical (unpaired) electrons. The van der Waals surface area contributed by atoms with Gasteiger partial charge >= 0.3 is 5.97 Å². The smallest absolute Gasteiger partial charge is 0.335 e. The van der Waals surface area contributed by atoms with Gasteiger partial charge in [-0.2, -0.15) is 0 Å². The van der Waals surface area contributed by atoms with E-state index in [0.717, 1.165) is 37.2 Å². The van der Waals surface area contributed by atoms with Crippen molar-refractivity contribution in [2.45, 2.75) is 44.4 Å². The molecule has 2 aliphatic rings. The third kappa shape index (κ3) is 3.96. The molecule has 0 saturated heterocycles. The Bertz CT molecular complexity index is 1190. The maximum absolute atomic E-state index is 11.1. The highest BCUT2D eigenvalue weighted by Gasteiger charge is 2.63. The van der Waals surface area contributed by atoms with Crippen LogP contribution in [0.5, 0.6) is 11.5 Å². The average Bonchev–Trinajstić information content (AvgIpc) is 3.45. The molecular formula is C30H32O4. The maximum atomic E-state index is 11.1. The minimum absolute atomic E-state index is 0.202. The molecule has 0 aromatic heterocycles. The molecule has 2 unspecified atom stereocenters. The Morgan fingerprint density at radius 1 is 0.971 bits per heavy atom. The fraction of sp³-hybridized carbons (Fsp3) is 0.367. The van der Waals surface area contributed by atoms with Crippen LogP contribution in [0.25, 0.3) is 0 Å². The van der Waals surface area contributed by atoms with E-state index in [4.69, 9.17) is 14.6 Å². The number of aromatic carboxylic acids is 1. The Labute approximate surface area is 201 Å². The van der Waals surface area contributed by atoms with E-state index in [2.05, 4.69) is 37.3 Å². The molecule has 3 atom stereocenters. The van der Waals surface area contributed by atoms with Gasteiger partial charge < -0.3 is 14.6 Å². The van der Waals surface area contributed by atoms with Gasteiger partial charge in [-0.3, -0.25) is 0 Å². The van der Waals surface area contributed by atoms with Gasteiger partial charge in [0.25, 0.3) is 0 Å². The van der Waals surface area contributed by atoms with Gasteiger partial charge in [-0.25, -0.2) is 4.79 Å². The second kappa shape index (κ2) is 8.83. The van der Waals surface area contributed by atoms with Gasteiger partial charge in [-0.05, 0) is 101 Å². The van der Waals surface area contributed by atoms with Crippen LogP contribution in [-0.4, -0.2) is 25.3 Å². The van der Waals surface area contributed by atoms with Gasteiger partial charge in [0.1, 0.15) is 11.5 Å². The van der Waals surface area contributed by atoms with E-state index >= 15 is 0 Å². The lowest BCUT2D eigenvalue weighted by Crippen LogP contribution is -2.18. The van der Waals surface area contributed by atoms with Crippen LogP contribution in [0.1, 0.15) is 51.5 Å². The number of carbonyl (C=O) groups is 1. The summed E-state index contributed by atoms with van der Waals surface area (Å²) in [7, 11) is 3.41. The quantitative estimate of drug-likeness (QED) is 0.460. The van der Waals surface area contributed by atoms with Crippen molar-refractivity contribution in [2.24, 2.45) is 11.8 Å². The Hall–Kier alpha value is -3.27. The molecule has 0 aliphatic heterocycles. The molecule has 1 N–H and O–H groups in total. The van der Waals surface area contributed by atoms with Crippen molar-refractivity contribution in [1.29, 1.82) is 0 Å². The summed E-state index contributed by atoms with van der Waals surface area (Å²) in [6, 6.07) is 20.3. The number of hydrogen-bond acceptors (Lipinski definition) is 3. The van der Waals surface area contributed by atoms with Gasteiger partial charge in [0, 0.05) is 6.07 Å². The third-order valence-corrected chi connectivity index (χ3v) is 8.17. The van der Waals surface area contributed by atoms with Crippen LogP contribution in [-0.2, 0) is 31.1 Å². The summed E-state index contributed by atoms with van der Waals surface area (Å²) in [6.45, 7) is 2.46. The fourth-order valence-corrected chi connectivity index (χ4v) is 6.33. The summed E-state index contributed by atoms with van der Waals surface area (Å²) < 4.78 is 11.0. The average molecular weight is 457 g/mol. The van der Waals surface area contributed by atoms with Gasteiger partial charge in [0.2, 0.25) is 0 Å². The highest BCUT2D eigenvalue weighted by Crippen LogP contribution is 2.66. The zero-order chi connectivity index (χ0) is 23.9. The number of ether oxygens (including phenoxy) is 2. The molecule has 3 aromatic carbocycles. The van der Waals surface area contributed by atoms with Crippen LogP contribution in [0, 0.1) is 11.8 Å². The number of carboxylic acids is 1. The number of aryl methyl sites for hydroxylation is 3. The summed E-state index contributed by atoms with van der Waals surface area (Å²) in [6.07, 6.45) is 5.30. The third-order valence-electron chi connectivity index (χ3n) is 8.17. The second-order valence-corrected chi connectivity index (χ2v) is 9.91. The molecule has 3 aromatic rings. The molecule has 4 heteroatoms. The Kier molecular flexibility index (Phi) is 5.85. The summed E-state index contributed by atoms with van der Waals surface area (Å²) in [5.74, 6) is 2.13. The maximum Gasteiger partial charge on any atom is 0.335 e. The van der Waals surface area contributed by atoms with Crippen LogP contribution >= 0.6 is 0 Å². The van der Waals surface area contributed by atoms with Crippen LogP contribution in [0.3, 0.4) is 0 Å². The predicted molar refractivity (Wildman–Crippen MR) is 133 cm³/mol. The first kappa shape index (κ1) is 22.5. The van der Waals surface area contributed by atoms with E-state index in [1.807, 2.05) is 18.2 Å². The standard InChI is InChI=1S/C30H32O4/c1-30-26(27(30)17-20-15-24(33-2)18-25(16-20)34-3)14-13-22-6-4-5-21(28(22)30)10-7-19-8-11-23(12-9-19)29(31)32/h4-6,8-9,11-12,15-16,18,26-27H,7,10,13-14,17H2,1-3H3,(H,31,32)/t26?,27?,30-/m1/s1. The lowest BCUT2D eigenvalue weighted by Gasteiger charge is -2.26. The fourth-order valence-electron chi connectivity index (χ4n) is 6.33. The topological polar surface area (TPSA) is 55.8 Å². The van der Waals surface area contributed by atoms with Crippen molar-refractivity contribution in [3.8, 4) is 11.5 Å². The van der Waals surface area contributed by atoms with E-state index in [-0.39, 0.29) is 5.41 Å². The summed E-state index contributed by atoms with van der Waals surface area (Å²) >= 11 is 0. The van der Waals surface area contributed by atoms with Crippen molar-refractivity contribution in [1.82, 2.24) is 0 Å². The largest absolute Gasteiger partial charge is 0.497 e. The van der Waals surface area contributed by atoms with Crippen molar-refractivity contribution in [3.05, 3.63) is 94.0 Å². The first-order valence-electron chi connectivity index (χ1n) is 12.1. The van der Waals surface area contributed by atoms with Crippen LogP contribution in [0.15, 0.2) is 60.7 Å². The molecule has 0 spiro atoms. The number of rotatable bonds is 8. The number of benzene rings is 3. The molecule has 0 amide bonds. The molecule has 34 heavy (non-hydrogen) atoms. The minimum atomic E-state index is -0.879. The van der Waals surface area contributed by atoms with Crippen LogP contribution in [0.2, 0.25) is 0 Å². The Morgan fingerprint density at radius 3 is 2.32 bits per heavy atom. The molecule has 176 valence electrons. The van der Waals surface area contributed by atoms with Crippen molar-refractivity contribution in [2.75, 3.05) is 14.2 Å². The molecule has 0 bridgehead atoms. The Morgan fingerprint density at radius 2 is 1.68 bits per heavy atom.